The lowest BCUT2D eigenvalue weighted by molar-refractivity contribution is 0.0963. The quantitative estimate of drug-likeness (QED) is 0.837. The summed E-state index contributed by atoms with van der Waals surface area (Å²) in [5.41, 5.74) is 2.77. The van der Waals surface area contributed by atoms with E-state index in [1.807, 2.05) is 25.1 Å². The van der Waals surface area contributed by atoms with Gasteiger partial charge in [0.15, 0.2) is 0 Å². The Kier molecular flexibility index (Phi) is 5.57. The molecule has 20 heavy (non-hydrogen) atoms. The molecular formula is C16H23N3O. The molecule has 0 atom stereocenters. The van der Waals surface area contributed by atoms with Gasteiger partial charge >= 0.3 is 0 Å². The fraction of sp³-hybridized carbons (Fsp3) is 0.500. The van der Waals surface area contributed by atoms with Crippen molar-refractivity contribution < 1.29 is 4.79 Å². The number of nitrogens with one attached hydrogen (secondary N) is 2. The maximum atomic E-state index is 11.6. The van der Waals surface area contributed by atoms with E-state index in [-0.39, 0.29) is 11.3 Å². The Morgan fingerprint density at radius 2 is 2.10 bits per heavy atom. The summed E-state index contributed by atoms with van der Waals surface area (Å²) in [7, 11) is 1.63. The van der Waals surface area contributed by atoms with Gasteiger partial charge in [0, 0.05) is 31.3 Å². The fourth-order valence-electron chi connectivity index (χ4n) is 1.92. The van der Waals surface area contributed by atoms with Crippen LogP contribution < -0.4 is 10.6 Å². The Morgan fingerprint density at radius 1 is 1.40 bits per heavy atom. The van der Waals surface area contributed by atoms with Gasteiger partial charge in [-0.1, -0.05) is 19.9 Å². The molecule has 1 rings (SSSR count). The Hall–Kier alpha value is -2.02. The van der Waals surface area contributed by atoms with Crippen molar-refractivity contribution in [3.8, 4) is 6.07 Å². The summed E-state index contributed by atoms with van der Waals surface area (Å²) in [5.74, 6) is -0.0863. The van der Waals surface area contributed by atoms with Crippen LogP contribution in [-0.4, -0.2) is 19.5 Å². The zero-order chi connectivity index (χ0) is 15.2. The molecule has 0 saturated heterocycles. The first-order chi connectivity index (χ1) is 9.39. The standard InChI is InChI=1S/C16H23N3O/c1-12-6-7-13(15(20)18-4)10-14(12)19-11-16(2,3)8-5-9-17/h6-7,10,19H,5,8,11H2,1-4H3,(H,18,20). The minimum atomic E-state index is -0.0863. The molecule has 0 radical (unpaired) electrons. The van der Waals surface area contributed by atoms with Gasteiger partial charge in [-0.25, -0.2) is 0 Å². The Morgan fingerprint density at radius 3 is 2.70 bits per heavy atom. The lowest BCUT2D eigenvalue weighted by atomic mass is 9.88. The summed E-state index contributed by atoms with van der Waals surface area (Å²) in [6.45, 7) is 7.05. The first kappa shape index (κ1) is 16.0. The number of anilines is 1. The van der Waals surface area contributed by atoms with E-state index in [0.717, 1.165) is 24.2 Å². The number of hydrogen-bond acceptors (Lipinski definition) is 3. The predicted molar refractivity (Wildman–Crippen MR) is 81.7 cm³/mol. The number of carbonyl (C=O) groups is 1. The molecule has 1 aromatic rings. The molecule has 4 nitrogen and oxygen atoms in total. The number of carbonyl (C=O) groups excluding carboxylic acids is 1. The van der Waals surface area contributed by atoms with Gasteiger partial charge in [-0.15, -0.1) is 0 Å². The Labute approximate surface area is 121 Å². The van der Waals surface area contributed by atoms with Gasteiger partial charge in [-0.05, 0) is 36.5 Å². The van der Waals surface area contributed by atoms with Crippen molar-refractivity contribution in [2.45, 2.75) is 33.6 Å². The summed E-state index contributed by atoms with van der Waals surface area (Å²) in [5, 5.41) is 14.7. The monoisotopic (exact) mass is 273 g/mol. The van der Waals surface area contributed by atoms with Gasteiger partial charge in [0.1, 0.15) is 0 Å². The van der Waals surface area contributed by atoms with E-state index in [2.05, 4.69) is 30.6 Å². The van der Waals surface area contributed by atoms with Gasteiger partial charge in [-0.2, -0.15) is 5.26 Å². The van der Waals surface area contributed by atoms with Gasteiger partial charge in [0.05, 0.1) is 6.07 Å². The van der Waals surface area contributed by atoms with Crippen LogP contribution in [-0.2, 0) is 0 Å². The molecule has 0 aliphatic rings. The third-order valence-corrected chi connectivity index (χ3v) is 3.40. The third kappa shape index (κ3) is 4.58. The zero-order valence-corrected chi connectivity index (χ0v) is 12.7. The second-order valence-corrected chi connectivity index (χ2v) is 5.78. The second kappa shape index (κ2) is 6.95. The number of hydrogen-bond donors (Lipinski definition) is 2. The van der Waals surface area contributed by atoms with Crippen LogP contribution in [0.5, 0.6) is 0 Å². The molecule has 0 bridgehead atoms. The number of amides is 1. The van der Waals surface area contributed by atoms with Crippen molar-refractivity contribution >= 4 is 11.6 Å². The van der Waals surface area contributed by atoms with Crippen LogP contribution in [0.3, 0.4) is 0 Å². The predicted octanol–water partition coefficient (Wildman–Crippen LogP) is 3.10. The maximum absolute atomic E-state index is 11.6. The van der Waals surface area contributed by atoms with Crippen molar-refractivity contribution in [2.24, 2.45) is 5.41 Å². The maximum Gasteiger partial charge on any atom is 0.251 e. The van der Waals surface area contributed by atoms with E-state index in [9.17, 15) is 4.79 Å². The molecule has 1 amide bonds. The molecule has 108 valence electrons. The first-order valence-electron chi connectivity index (χ1n) is 6.83. The first-order valence-corrected chi connectivity index (χ1v) is 6.83. The highest BCUT2D eigenvalue weighted by Gasteiger charge is 2.17. The van der Waals surface area contributed by atoms with Crippen molar-refractivity contribution in [3.63, 3.8) is 0 Å². The smallest absolute Gasteiger partial charge is 0.251 e. The van der Waals surface area contributed by atoms with Crippen LogP contribution in [0.2, 0.25) is 0 Å². The Balaban J connectivity index is 2.77. The van der Waals surface area contributed by atoms with Crippen molar-refractivity contribution in [1.29, 1.82) is 5.26 Å². The highest BCUT2D eigenvalue weighted by molar-refractivity contribution is 5.95. The minimum absolute atomic E-state index is 0.0468. The van der Waals surface area contributed by atoms with Crippen molar-refractivity contribution in [1.82, 2.24) is 5.32 Å². The van der Waals surface area contributed by atoms with E-state index in [1.165, 1.54) is 0 Å². The molecule has 0 spiro atoms. The molecule has 0 unspecified atom stereocenters. The molecular weight excluding hydrogens is 250 g/mol. The molecule has 1 aromatic carbocycles. The van der Waals surface area contributed by atoms with Crippen LogP contribution in [0, 0.1) is 23.7 Å². The SMILES string of the molecule is CNC(=O)c1ccc(C)c(NCC(C)(C)CCC#N)c1. The van der Waals surface area contributed by atoms with Gasteiger partial charge < -0.3 is 10.6 Å². The van der Waals surface area contributed by atoms with Gasteiger partial charge in [0.2, 0.25) is 0 Å². The Bertz CT molecular complexity index is 515. The number of nitriles is 1. The average molecular weight is 273 g/mol. The van der Waals surface area contributed by atoms with Crippen molar-refractivity contribution in [3.05, 3.63) is 29.3 Å². The van der Waals surface area contributed by atoms with E-state index in [4.69, 9.17) is 5.26 Å². The second-order valence-electron chi connectivity index (χ2n) is 5.78. The highest BCUT2D eigenvalue weighted by atomic mass is 16.1. The zero-order valence-electron chi connectivity index (χ0n) is 12.7. The van der Waals surface area contributed by atoms with Crippen LogP contribution in [0.25, 0.3) is 0 Å². The number of rotatable bonds is 6. The summed E-state index contributed by atoms with van der Waals surface area (Å²) >= 11 is 0. The average Bonchev–Trinajstić information content (AvgIpc) is 2.43. The topological polar surface area (TPSA) is 64.9 Å². The molecule has 0 aliphatic carbocycles. The van der Waals surface area contributed by atoms with E-state index in [0.29, 0.717) is 12.0 Å². The van der Waals surface area contributed by atoms with Crippen LogP contribution >= 0.6 is 0 Å². The molecule has 0 saturated carbocycles. The lowest BCUT2D eigenvalue weighted by Gasteiger charge is -2.25. The number of nitrogens with zero attached hydrogens (tertiary/aromatic N) is 1. The van der Waals surface area contributed by atoms with Crippen LogP contribution in [0.1, 0.15) is 42.6 Å². The van der Waals surface area contributed by atoms with E-state index in [1.54, 1.807) is 7.05 Å². The minimum Gasteiger partial charge on any atom is -0.384 e. The normalized spacial score (nSPS) is 10.8. The summed E-state index contributed by atoms with van der Waals surface area (Å²) in [6, 6.07) is 7.81. The van der Waals surface area contributed by atoms with Crippen LogP contribution in [0.15, 0.2) is 18.2 Å². The molecule has 0 heterocycles. The largest absolute Gasteiger partial charge is 0.384 e. The molecule has 2 N–H and O–H groups in total. The fourth-order valence-corrected chi connectivity index (χ4v) is 1.92. The molecule has 4 heteroatoms. The van der Waals surface area contributed by atoms with E-state index < -0.39 is 0 Å². The third-order valence-electron chi connectivity index (χ3n) is 3.40. The van der Waals surface area contributed by atoms with Crippen molar-refractivity contribution in [2.75, 3.05) is 18.9 Å². The molecule has 0 aliphatic heterocycles. The summed E-state index contributed by atoms with van der Waals surface area (Å²) in [6.07, 6.45) is 1.41. The van der Waals surface area contributed by atoms with Crippen LogP contribution in [0.4, 0.5) is 5.69 Å². The van der Waals surface area contributed by atoms with E-state index >= 15 is 0 Å². The summed E-state index contributed by atoms with van der Waals surface area (Å²) < 4.78 is 0. The van der Waals surface area contributed by atoms with Gasteiger partial charge in [-0.3, -0.25) is 4.79 Å². The number of aryl methyl sites for hydroxylation is 1. The molecule has 0 aromatic heterocycles. The van der Waals surface area contributed by atoms with Gasteiger partial charge in [0.25, 0.3) is 5.91 Å². The lowest BCUT2D eigenvalue weighted by Crippen LogP contribution is -2.23. The summed E-state index contributed by atoms with van der Waals surface area (Å²) in [4.78, 5) is 11.6. The molecule has 0 fully saturated rings. The number of benzene rings is 1. The highest BCUT2D eigenvalue weighted by Crippen LogP contribution is 2.24.